The maximum atomic E-state index is 12.5. The van der Waals surface area contributed by atoms with Gasteiger partial charge in [-0.1, -0.05) is 17.7 Å². The molecule has 0 unspecified atom stereocenters. The molecule has 0 atom stereocenters. The molecule has 0 fully saturated rings. The van der Waals surface area contributed by atoms with Crippen molar-refractivity contribution in [1.29, 1.82) is 0 Å². The van der Waals surface area contributed by atoms with Gasteiger partial charge in [-0.2, -0.15) is 0 Å². The predicted octanol–water partition coefficient (Wildman–Crippen LogP) is 4.36. The molecule has 0 aliphatic rings. The van der Waals surface area contributed by atoms with Gasteiger partial charge < -0.3 is 15.0 Å². The number of ether oxygens (including phenoxy) is 1. The minimum absolute atomic E-state index is 0.0990. The van der Waals surface area contributed by atoms with Crippen molar-refractivity contribution in [3.63, 3.8) is 0 Å². The summed E-state index contributed by atoms with van der Waals surface area (Å²) in [6.45, 7) is 4.97. The van der Waals surface area contributed by atoms with Gasteiger partial charge in [-0.25, -0.2) is 0 Å². The Morgan fingerprint density at radius 3 is 2.54 bits per heavy atom. The number of nitrogens with zero attached hydrogens (tertiary/aromatic N) is 2. The molecule has 1 amide bonds. The summed E-state index contributed by atoms with van der Waals surface area (Å²) < 4.78 is 5.11. The van der Waals surface area contributed by atoms with E-state index in [-0.39, 0.29) is 16.6 Å². The zero-order chi connectivity index (χ0) is 19.3. The van der Waals surface area contributed by atoms with E-state index in [1.54, 1.807) is 24.3 Å². The Balaban J connectivity index is 2.41. The van der Waals surface area contributed by atoms with Gasteiger partial charge >= 0.3 is 0 Å². The third-order valence-corrected chi connectivity index (χ3v) is 4.26. The minimum atomic E-state index is -0.479. The van der Waals surface area contributed by atoms with E-state index >= 15 is 0 Å². The molecule has 138 valence electrons. The zero-order valence-corrected chi connectivity index (χ0v) is 15.5. The molecule has 0 spiro atoms. The first-order valence-corrected chi connectivity index (χ1v) is 8.47. The van der Waals surface area contributed by atoms with Crippen LogP contribution in [0.3, 0.4) is 0 Å². The average Bonchev–Trinajstić information content (AvgIpc) is 2.64. The van der Waals surface area contributed by atoms with E-state index in [0.29, 0.717) is 35.8 Å². The molecular formula is C18H20ClN3O4. The number of nitrogens with one attached hydrogen (secondary N) is 1. The van der Waals surface area contributed by atoms with E-state index in [1.807, 2.05) is 18.7 Å². The quantitative estimate of drug-likeness (QED) is 0.572. The number of anilines is 2. The van der Waals surface area contributed by atoms with Gasteiger partial charge in [0.15, 0.2) is 0 Å². The van der Waals surface area contributed by atoms with Gasteiger partial charge in [0.05, 0.1) is 22.7 Å². The van der Waals surface area contributed by atoms with Gasteiger partial charge in [0, 0.05) is 24.7 Å². The van der Waals surface area contributed by atoms with Crippen molar-refractivity contribution in [3.8, 4) is 5.75 Å². The van der Waals surface area contributed by atoms with Crippen LogP contribution in [0.4, 0.5) is 17.1 Å². The lowest BCUT2D eigenvalue weighted by Gasteiger charge is -2.22. The molecule has 8 heteroatoms. The first kappa shape index (κ1) is 19.5. The minimum Gasteiger partial charge on any atom is -0.497 e. The summed E-state index contributed by atoms with van der Waals surface area (Å²) in [5, 5.41) is 14.2. The van der Waals surface area contributed by atoms with Crippen molar-refractivity contribution in [2.45, 2.75) is 13.8 Å². The highest BCUT2D eigenvalue weighted by molar-refractivity contribution is 6.34. The highest BCUT2D eigenvalue weighted by atomic mass is 35.5. The number of amides is 1. The zero-order valence-electron chi connectivity index (χ0n) is 14.8. The van der Waals surface area contributed by atoms with Crippen LogP contribution in [-0.2, 0) is 0 Å². The first-order chi connectivity index (χ1) is 12.4. The second-order valence-corrected chi connectivity index (χ2v) is 5.84. The number of hydrogen-bond donors (Lipinski definition) is 1. The van der Waals surface area contributed by atoms with E-state index in [4.69, 9.17) is 16.3 Å². The smallest absolute Gasteiger partial charge is 0.294 e. The SMILES string of the molecule is CCN(CC)c1cc(NC(=O)c2cccc(OC)c2)c(Cl)cc1[N+](=O)[O-]. The van der Waals surface area contributed by atoms with Gasteiger partial charge in [0.25, 0.3) is 11.6 Å². The number of carbonyl (C=O) groups excluding carboxylic acids is 1. The van der Waals surface area contributed by atoms with E-state index in [2.05, 4.69) is 5.32 Å². The molecule has 2 aromatic rings. The van der Waals surface area contributed by atoms with Crippen LogP contribution >= 0.6 is 11.6 Å². The molecule has 0 saturated heterocycles. The summed E-state index contributed by atoms with van der Waals surface area (Å²) in [6.07, 6.45) is 0. The lowest BCUT2D eigenvalue weighted by atomic mass is 10.1. The molecule has 1 N–H and O–H groups in total. The Bertz CT molecular complexity index is 822. The lowest BCUT2D eigenvalue weighted by molar-refractivity contribution is -0.384. The van der Waals surface area contributed by atoms with Crippen LogP contribution in [-0.4, -0.2) is 31.0 Å². The lowest BCUT2D eigenvalue weighted by Crippen LogP contribution is -2.23. The van der Waals surface area contributed by atoms with Crippen molar-refractivity contribution in [2.75, 3.05) is 30.4 Å². The van der Waals surface area contributed by atoms with Crippen LogP contribution in [0, 0.1) is 10.1 Å². The summed E-state index contributed by atoms with van der Waals surface area (Å²) in [5.74, 6) is 0.168. The normalized spacial score (nSPS) is 10.3. The van der Waals surface area contributed by atoms with Crippen LogP contribution < -0.4 is 15.0 Å². The van der Waals surface area contributed by atoms with E-state index < -0.39 is 4.92 Å². The second kappa shape index (κ2) is 8.53. The number of methoxy groups -OCH3 is 1. The molecule has 7 nitrogen and oxygen atoms in total. The summed E-state index contributed by atoms with van der Waals surface area (Å²) >= 11 is 6.16. The van der Waals surface area contributed by atoms with Crippen molar-refractivity contribution in [2.24, 2.45) is 0 Å². The summed E-state index contributed by atoms with van der Waals surface area (Å²) in [6, 6.07) is 9.46. The largest absolute Gasteiger partial charge is 0.497 e. The highest BCUT2D eigenvalue weighted by Crippen LogP contribution is 2.36. The van der Waals surface area contributed by atoms with Crippen molar-refractivity contribution >= 4 is 34.6 Å². The van der Waals surface area contributed by atoms with Gasteiger partial charge in [-0.05, 0) is 38.1 Å². The van der Waals surface area contributed by atoms with Gasteiger partial charge in [-0.15, -0.1) is 0 Å². The van der Waals surface area contributed by atoms with Crippen molar-refractivity contribution in [1.82, 2.24) is 0 Å². The molecule has 0 heterocycles. The number of rotatable bonds is 7. The maximum Gasteiger partial charge on any atom is 0.294 e. The molecule has 0 aliphatic carbocycles. The summed E-state index contributed by atoms with van der Waals surface area (Å²) in [7, 11) is 1.51. The summed E-state index contributed by atoms with van der Waals surface area (Å²) in [5.41, 5.74) is 1.01. The highest BCUT2D eigenvalue weighted by Gasteiger charge is 2.22. The number of hydrogen-bond acceptors (Lipinski definition) is 5. The molecule has 0 radical (unpaired) electrons. The van der Waals surface area contributed by atoms with Crippen molar-refractivity contribution < 1.29 is 14.5 Å². The van der Waals surface area contributed by atoms with E-state index in [1.165, 1.54) is 19.2 Å². The third kappa shape index (κ3) is 4.23. The Labute approximate surface area is 156 Å². The maximum absolute atomic E-state index is 12.5. The predicted molar refractivity (Wildman–Crippen MR) is 103 cm³/mol. The van der Waals surface area contributed by atoms with Crippen LogP contribution in [0.25, 0.3) is 0 Å². The fourth-order valence-electron chi connectivity index (χ4n) is 2.57. The van der Waals surface area contributed by atoms with Gasteiger partial charge in [0.1, 0.15) is 11.4 Å². The standard InChI is InChI=1S/C18H20ClN3O4/c1-4-21(5-2)16-11-15(14(19)10-17(16)22(24)25)20-18(23)12-7-6-8-13(9-12)26-3/h6-11H,4-5H2,1-3H3,(H,20,23). The van der Waals surface area contributed by atoms with Crippen molar-refractivity contribution in [3.05, 3.63) is 57.1 Å². The van der Waals surface area contributed by atoms with Crippen LogP contribution in [0.1, 0.15) is 24.2 Å². The fraction of sp³-hybridized carbons (Fsp3) is 0.278. The number of carbonyl (C=O) groups is 1. The number of halogens is 1. The van der Waals surface area contributed by atoms with Crippen LogP contribution in [0.2, 0.25) is 5.02 Å². The monoisotopic (exact) mass is 377 g/mol. The molecule has 2 aromatic carbocycles. The molecule has 26 heavy (non-hydrogen) atoms. The molecular weight excluding hydrogens is 358 g/mol. The topological polar surface area (TPSA) is 84.7 Å². The second-order valence-electron chi connectivity index (χ2n) is 5.44. The molecule has 0 aromatic heterocycles. The molecule has 0 bridgehead atoms. The Morgan fingerprint density at radius 2 is 1.96 bits per heavy atom. The van der Waals surface area contributed by atoms with E-state index in [0.717, 1.165) is 0 Å². The third-order valence-electron chi connectivity index (χ3n) is 3.95. The van der Waals surface area contributed by atoms with Gasteiger partial charge in [0.2, 0.25) is 0 Å². The number of nitro benzene ring substituents is 1. The summed E-state index contributed by atoms with van der Waals surface area (Å²) in [4.78, 5) is 25.2. The Hall–Kier alpha value is -2.80. The fourth-order valence-corrected chi connectivity index (χ4v) is 2.77. The van der Waals surface area contributed by atoms with Crippen LogP contribution in [0.15, 0.2) is 36.4 Å². The molecule has 0 saturated carbocycles. The molecule has 0 aliphatic heterocycles. The van der Waals surface area contributed by atoms with E-state index in [9.17, 15) is 14.9 Å². The average molecular weight is 378 g/mol. The molecule has 2 rings (SSSR count). The Morgan fingerprint density at radius 1 is 1.27 bits per heavy atom. The number of benzene rings is 2. The Kier molecular flexibility index (Phi) is 6.41. The van der Waals surface area contributed by atoms with Gasteiger partial charge in [-0.3, -0.25) is 14.9 Å². The van der Waals surface area contributed by atoms with Crippen LogP contribution in [0.5, 0.6) is 5.75 Å². The first-order valence-electron chi connectivity index (χ1n) is 8.09. The number of nitro groups is 1.